The van der Waals surface area contributed by atoms with Crippen molar-refractivity contribution in [2.24, 2.45) is 0 Å². The van der Waals surface area contributed by atoms with E-state index in [0.717, 1.165) is 41.4 Å². The van der Waals surface area contributed by atoms with Crippen LogP contribution in [0.2, 0.25) is 0 Å². The molecule has 1 aliphatic rings. The highest BCUT2D eigenvalue weighted by atomic mass is 79.9. The molecule has 2 aromatic carbocycles. The van der Waals surface area contributed by atoms with Gasteiger partial charge in [-0.25, -0.2) is 12.8 Å². The van der Waals surface area contributed by atoms with E-state index in [0.29, 0.717) is 19.6 Å². The number of carbonyl (C=O) groups excluding carboxylic acids is 1. The molecule has 8 heteroatoms. The van der Waals surface area contributed by atoms with Gasteiger partial charge in [0.25, 0.3) is 5.91 Å². The Hall–Kier alpha value is -1.77. The Labute approximate surface area is 173 Å². The lowest BCUT2D eigenvalue weighted by Gasteiger charge is -2.26. The molecule has 1 saturated heterocycles. The van der Waals surface area contributed by atoms with Crippen LogP contribution in [0, 0.1) is 5.82 Å². The number of halogens is 2. The van der Waals surface area contributed by atoms with Gasteiger partial charge in [0.2, 0.25) is 10.0 Å². The largest absolute Gasteiger partial charge is 0.337 e. The molecule has 1 heterocycles. The quantitative estimate of drug-likeness (QED) is 0.665. The van der Waals surface area contributed by atoms with Crippen LogP contribution in [0.4, 0.5) is 4.39 Å². The summed E-state index contributed by atoms with van der Waals surface area (Å²) in [6.07, 6.45) is 2.48. The Morgan fingerprint density at radius 1 is 1.14 bits per heavy atom. The summed E-state index contributed by atoms with van der Waals surface area (Å²) < 4.78 is 42.2. The summed E-state index contributed by atoms with van der Waals surface area (Å²) in [6.45, 7) is 1.09. The second-order valence-corrected chi connectivity index (χ2v) is 9.62. The van der Waals surface area contributed by atoms with Gasteiger partial charge in [0.15, 0.2) is 0 Å². The number of sulfonamides is 1. The fraction of sp³-hybridized carbons (Fsp3) is 0.350. The average molecular weight is 469 g/mol. The topological polar surface area (TPSA) is 57.7 Å². The van der Waals surface area contributed by atoms with Gasteiger partial charge in [-0.2, -0.15) is 4.31 Å². The minimum absolute atomic E-state index is 0.145. The summed E-state index contributed by atoms with van der Waals surface area (Å²) >= 11 is 3.45. The fourth-order valence-corrected chi connectivity index (χ4v) is 5.27. The lowest BCUT2D eigenvalue weighted by Crippen LogP contribution is -2.36. The molecule has 0 unspecified atom stereocenters. The van der Waals surface area contributed by atoms with E-state index in [1.54, 1.807) is 7.05 Å². The van der Waals surface area contributed by atoms with Crippen molar-refractivity contribution in [3.05, 3.63) is 63.9 Å². The highest BCUT2D eigenvalue weighted by Crippen LogP contribution is 2.25. The Bertz CT molecular complexity index is 975. The molecule has 0 atom stereocenters. The maximum Gasteiger partial charge on any atom is 0.253 e. The Balaban J connectivity index is 1.86. The number of hydrogen-bond acceptors (Lipinski definition) is 3. The molecule has 28 heavy (non-hydrogen) atoms. The van der Waals surface area contributed by atoms with Gasteiger partial charge in [-0.1, -0.05) is 40.5 Å². The van der Waals surface area contributed by atoms with Crippen LogP contribution in [0.1, 0.15) is 35.2 Å². The lowest BCUT2D eigenvalue weighted by atomic mass is 10.1. The highest BCUT2D eigenvalue weighted by Gasteiger charge is 2.29. The van der Waals surface area contributed by atoms with E-state index in [2.05, 4.69) is 15.9 Å². The van der Waals surface area contributed by atoms with Gasteiger partial charge in [0.1, 0.15) is 10.7 Å². The zero-order chi connectivity index (χ0) is 20.3. The van der Waals surface area contributed by atoms with Crippen molar-refractivity contribution in [1.29, 1.82) is 0 Å². The number of nitrogens with zero attached hydrogens (tertiary/aromatic N) is 2. The van der Waals surface area contributed by atoms with Crippen LogP contribution >= 0.6 is 15.9 Å². The third kappa shape index (κ3) is 4.45. The van der Waals surface area contributed by atoms with E-state index in [1.807, 2.05) is 24.3 Å². The first-order valence-corrected chi connectivity index (χ1v) is 11.3. The van der Waals surface area contributed by atoms with E-state index in [-0.39, 0.29) is 11.5 Å². The number of benzene rings is 2. The zero-order valence-corrected chi connectivity index (χ0v) is 18.0. The van der Waals surface area contributed by atoms with E-state index < -0.39 is 20.7 Å². The average Bonchev–Trinajstić information content (AvgIpc) is 2.70. The normalized spacial score (nSPS) is 15.4. The number of hydrogen-bond donors (Lipinski definition) is 0. The van der Waals surface area contributed by atoms with E-state index in [9.17, 15) is 17.6 Å². The van der Waals surface area contributed by atoms with Crippen molar-refractivity contribution >= 4 is 31.9 Å². The van der Waals surface area contributed by atoms with Crippen LogP contribution in [0.5, 0.6) is 0 Å². The summed E-state index contributed by atoms with van der Waals surface area (Å²) in [7, 11) is -2.33. The van der Waals surface area contributed by atoms with Crippen LogP contribution < -0.4 is 0 Å². The summed E-state index contributed by atoms with van der Waals surface area (Å²) in [6, 6.07) is 11.1. The van der Waals surface area contributed by atoms with Crippen molar-refractivity contribution < 1.29 is 17.6 Å². The standard InChI is InChI=1S/C20H22BrFN2O3S/c1-23(14-16-7-3-4-8-17(16)21)20(25)15-9-10-18(22)19(13-15)28(26,27)24-11-5-2-6-12-24/h3-4,7-10,13H,2,5-6,11-12,14H2,1H3. The second kappa shape index (κ2) is 8.71. The Morgan fingerprint density at radius 3 is 2.50 bits per heavy atom. The minimum Gasteiger partial charge on any atom is -0.337 e. The van der Waals surface area contributed by atoms with Crippen LogP contribution in [0.25, 0.3) is 0 Å². The smallest absolute Gasteiger partial charge is 0.253 e. The molecule has 0 aliphatic carbocycles. The van der Waals surface area contributed by atoms with Crippen LogP contribution in [0.3, 0.4) is 0 Å². The molecule has 0 spiro atoms. The molecule has 1 aliphatic heterocycles. The van der Waals surface area contributed by atoms with Gasteiger partial charge in [-0.15, -0.1) is 0 Å². The van der Waals surface area contributed by atoms with Gasteiger partial charge in [-0.3, -0.25) is 4.79 Å². The molecule has 1 fully saturated rings. The fourth-order valence-electron chi connectivity index (χ4n) is 3.25. The highest BCUT2D eigenvalue weighted by molar-refractivity contribution is 9.10. The third-order valence-electron chi connectivity index (χ3n) is 4.82. The molecule has 1 amide bonds. The molecular formula is C20H22BrFN2O3S. The number of amides is 1. The van der Waals surface area contributed by atoms with Crippen LogP contribution in [0.15, 0.2) is 51.8 Å². The number of rotatable bonds is 5. The monoisotopic (exact) mass is 468 g/mol. The van der Waals surface area contributed by atoms with Crippen molar-refractivity contribution in [1.82, 2.24) is 9.21 Å². The van der Waals surface area contributed by atoms with Crippen molar-refractivity contribution in [2.45, 2.75) is 30.7 Å². The lowest BCUT2D eigenvalue weighted by molar-refractivity contribution is 0.0784. The van der Waals surface area contributed by atoms with Gasteiger partial charge in [0, 0.05) is 36.7 Å². The molecule has 150 valence electrons. The van der Waals surface area contributed by atoms with Gasteiger partial charge < -0.3 is 4.90 Å². The predicted molar refractivity (Wildman–Crippen MR) is 109 cm³/mol. The molecule has 0 saturated carbocycles. The predicted octanol–water partition coefficient (Wildman–Crippen LogP) is 4.04. The summed E-state index contributed by atoms with van der Waals surface area (Å²) in [4.78, 5) is 13.8. The number of carbonyl (C=O) groups is 1. The summed E-state index contributed by atoms with van der Waals surface area (Å²) in [5.41, 5.74) is 1.06. The van der Waals surface area contributed by atoms with Gasteiger partial charge in [0.05, 0.1) is 0 Å². The van der Waals surface area contributed by atoms with Crippen molar-refractivity contribution in [3.8, 4) is 0 Å². The van der Waals surface area contributed by atoms with E-state index in [4.69, 9.17) is 0 Å². The minimum atomic E-state index is -3.96. The Morgan fingerprint density at radius 2 is 1.82 bits per heavy atom. The molecule has 0 aromatic heterocycles. The van der Waals surface area contributed by atoms with E-state index >= 15 is 0 Å². The summed E-state index contributed by atoms with van der Waals surface area (Å²) in [5.74, 6) is -1.21. The summed E-state index contributed by atoms with van der Waals surface area (Å²) in [5, 5.41) is 0. The third-order valence-corrected chi connectivity index (χ3v) is 7.51. The first-order valence-electron chi connectivity index (χ1n) is 9.09. The molecule has 5 nitrogen and oxygen atoms in total. The molecule has 0 bridgehead atoms. The van der Waals surface area contributed by atoms with Gasteiger partial charge in [-0.05, 0) is 42.7 Å². The SMILES string of the molecule is CN(Cc1ccccc1Br)C(=O)c1ccc(F)c(S(=O)(=O)N2CCCCC2)c1. The van der Waals surface area contributed by atoms with Crippen molar-refractivity contribution in [3.63, 3.8) is 0 Å². The molecule has 3 rings (SSSR count). The molecule has 2 aromatic rings. The second-order valence-electron chi connectivity index (χ2n) is 6.86. The van der Waals surface area contributed by atoms with Crippen LogP contribution in [-0.2, 0) is 16.6 Å². The first kappa shape index (κ1) is 21.0. The molecule has 0 N–H and O–H groups in total. The Kier molecular flexibility index (Phi) is 6.52. The molecule has 0 radical (unpaired) electrons. The maximum atomic E-state index is 14.3. The maximum absolute atomic E-state index is 14.3. The van der Waals surface area contributed by atoms with E-state index in [1.165, 1.54) is 15.3 Å². The van der Waals surface area contributed by atoms with Crippen molar-refractivity contribution in [2.75, 3.05) is 20.1 Å². The molecular weight excluding hydrogens is 447 g/mol. The zero-order valence-electron chi connectivity index (χ0n) is 15.6. The van der Waals surface area contributed by atoms with Gasteiger partial charge >= 0.3 is 0 Å². The first-order chi connectivity index (χ1) is 13.3. The van der Waals surface area contributed by atoms with Crippen LogP contribution in [-0.4, -0.2) is 43.7 Å². The number of piperidine rings is 1.